The quantitative estimate of drug-likeness (QED) is 0.652. The number of nitrogens with one attached hydrogen (secondary N) is 1. The van der Waals surface area contributed by atoms with Crippen molar-refractivity contribution in [1.82, 2.24) is 15.3 Å². The summed E-state index contributed by atoms with van der Waals surface area (Å²) in [5, 5.41) is 2.94. The molecule has 9 heteroatoms. The van der Waals surface area contributed by atoms with E-state index in [4.69, 9.17) is 20.8 Å². The molecule has 0 radical (unpaired) electrons. The lowest BCUT2D eigenvalue weighted by Crippen LogP contribution is -2.17. The number of aromatic nitrogens is 2. The van der Waals surface area contributed by atoms with E-state index in [-0.39, 0.29) is 4.91 Å². The SMILES string of the molecule is CCOc1ncc(-c2cncc3cc(/C=C4\SC(=O)NC4=O)oc23)cc1Cl. The third kappa shape index (κ3) is 3.41. The summed E-state index contributed by atoms with van der Waals surface area (Å²) < 4.78 is 11.2. The van der Waals surface area contributed by atoms with Gasteiger partial charge in [-0.2, -0.15) is 0 Å². The van der Waals surface area contributed by atoms with E-state index in [0.717, 1.165) is 22.7 Å². The Balaban J connectivity index is 1.76. The highest BCUT2D eigenvalue weighted by Gasteiger charge is 2.25. The summed E-state index contributed by atoms with van der Waals surface area (Å²) in [7, 11) is 0. The number of pyridine rings is 2. The summed E-state index contributed by atoms with van der Waals surface area (Å²) in [4.78, 5) is 31.7. The maximum absolute atomic E-state index is 11.7. The zero-order valence-electron chi connectivity index (χ0n) is 14.0. The summed E-state index contributed by atoms with van der Waals surface area (Å²) in [5.74, 6) is 0.366. The molecule has 1 N–H and O–H groups in total. The standard InChI is InChI=1S/C18H12ClN3O4S/c1-2-25-17-13(19)4-9(7-21-17)12-8-20-6-10-3-11(26-15(10)12)5-14-16(23)22-18(24)27-14/h3-8H,2H2,1H3,(H,22,23,24)/b14-5-. The van der Waals surface area contributed by atoms with E-state index in [1.165, 1.54) is 6.08 Å². The van der Waals surface area contributed by atoms with Gasteiger partial charge in [-0.3, -0.25) is 19.9 Å². The Morgan fingerprint density at radius 1 is 1.30 bits per heavy atom. The van der Waals surface area contributed by atoms with Gasteiger partial charge in [0.1, 0.15) is 16.4 Å². The van der Waals surface area contributed by atoms with Crippen molar-refractivity contribution in [1.29, 1.82) is 0 Å². The molecule has 1 saturated heterocycles. The van der Waals surface area contributed by atoms with Crippen LogP contribution in [0.15, 0.2) is 40.0 Å². The van der Waals surface area contributed by atoms with E-state index in [1.54, 1.807) is 30.7 Å². The minimum Gasteiger partial charge on any atom is -0.477 e. The average molecular weight is 402 g/mol. The summed E-state index contributed by atoms with van der Waals surface area (Å²) in [5.41, 5.74) is 2.00. The fourth-order valence-corrected chi connectivity index (χ4v) is 3.51. The van der Waals surface area contributed by atoms with Crippen molar-refractivity contribution < 1.29 is 18.7 Å². The number of carbonyl (C=O) groups excluding carboxylic acids is 2. The molecule has 0 bridgehead atoms. The number of hydrogen-bond acceptors (Lipinski definition) is 7. The van der Waals surface area contributed by atoms with Gasteiger partial charge in [0, 0.05) is 41.2 Å². The zero-order valence-corrected chi connectivity index (χ0v) is 15.6. The first-order chi connectivity index (χ1) is 13.0. The highest BCUT2D eigenvalue weighted by molar-refractivity contribution is 8.18. The number of rotatable bonds is 4. The van der Waals surface area contributed by atoms with Gasteiger partial charge in [0.2, 0.25) is 5.88 Å². The zero-order chi connectivity index (χ0) is 19.0. The molecule has 3 aromatic rings. The first-order valence-corrected chi connectivity index (χ1v) is 9.15. The highest BCUT2D eigenvalue weighted by atomic mass is 35.5. The Hall–Kier alpha value is -2.84. The minimum absolute atomic E-state index is 0.277. The van der Waals surface area contributed by atoms with Crippen molar-refractivity contribution in [2.45, 2.75) is 6.92 Å². The van der Waals surface area contributed by atoms with E-state index >= 15 is 0 Å². The Morgan fingerprint density at radius 3 is 2.85 bits per heavy atom. The molecule has 0 aromatic carbocycles. The molecule has 3 aromatic heterocycles. The first-order valence-electron chi connectivity index (χ1n) is 7.96. The fourth-order valence-electron chi connectivity index (χ4n) is 2.62. The van der Waals surface area contributed by atoms with Gasteiger partial charge in [-0.25, -0.2) is 4.98 Å². The molecule has 0 aliphatic carbocycles. The average Bonchev–Trinajstić information content (AvgIpc) is 3.19. The maximum atomic E-state index is 11.7. The van der Waals surface area contributed by atoms with Crippen LogP contribution in [0.2, 0.25) is 5.02 Å². The Morgan fingerprint density at radius 2 is 2.15 bits per heavy atom. The summed E-state index contributed by atoms with van der Waals surface area (Å²) in [6, 6.07) is 3.48. The van der Waals surface area contributed by atoms with Gasteiger partial charge in [0.05, 0.1) is 11.5 Å². The van der Waals surface area contributed by atoms with E-state index in [2.05, 4.69) is 15.3 Å². The first kappa shape index (κ1) is 17.6. The van der Waals surface area contributed by atoms with Crippen molar-refractivity contribution in [3.8, 4) is 17.0 Å². The monoisotopic (exact) mass is 401 g/mol. The minimum atomic E-state index is -0.439. The number of halogens is 1. The molecule has 0 unspecified atom stereocenters. The Labute approximate surface area is 162 Å². The van der Waals surface area contributed by atoms with Gasteiger partial charge in [-0.15, -0.1) is 0 Å². The summed E-state index contributed by atoms with van der Waals surface area (Å²) in [6.07, 6.45) is 6.46. The van der Waals surface area contributed by atoms with Crippen molar-refractivity contribution in [2.24, 2.45) is 0 Å². The van der Waals surface area contributed by atoms with Gasteiger partial charge in [0.15, 0.2) is 0 Å². The number of fused-ring (bicyclic) bond motifs is 1. The van der Waals surface area contributed by atoms with E-state index < -0.39 is 11.1 Å². The maximum Gasteiger partial charge on any atom is 0.290 e. The van der Waals surface area contributed by atoms with Crippen LogP contribution in [0.3, 0.4) is 0 Å². The van der Waals surface area contributed by atoms with Crippen LogP contribution < -0.4 is 10.1 Å². The molecule has 136 valence electrons. The van der Waals surface area contributed by atoms with Crippen molar-refractivity contribution in [3.63, 3.8) is 0 Å². The number of amides is 2. The number of carbonyl (C=O) groups is 2. The third-order valence-corrected chi connectivity index (χ3v) is 4.84. The molecule has 1 aliphatic rings. The van der Waals surface area contributed by atoms with E-state index in [0.29, 0.717) is 34.4 Å². The Kier molecular flexibility index (Phi) is 4.59. The molecular formula is C18H12ClN3O4S. The second-order valence-electron chi connectivity index (χ2n) is 5.55. The van der Waals surface area contributed by atoms with Gasteiger partial charge in [-0.05, 0) is 30.8 Å². The molecule has 1 aliphatic heterocycles. The molecule has 0 atom stereocenters. The number of thioether (sulfide) groups is 1. The Bertz CT molecular complexity index is 1110. The largest absolute Gasteiger partial charge is 0.477 e. The van der Waals surface area contributed by atoms with Crippen LogP contribution in [-0.4, -0.2) is 27.7 Å². The van der Waals surface area contributed by atoms with Crippen LogP contribution in [0.25, 0.3) is 28.2 Å². The molecule has 4 rings (SSSR count). The molecule has 2 amide bonds. The number of furan rings is 1. The molecule has 1 fully saturated rings. The lowest BCUT2D eigenvalue weighted by molar-refractivity contribution is -0.115. The number of nitrogens with zero attached hydrogens (tertiary/aromatic N) is 2. The number of ether oxygens (including phenoxy) is 1. The van der Waals surface area contributed by atoms with Crippen molar-refractivity contribution in [2.75, 3.05) is 6.61 Å². The van der Waals surface area contributed by atoms with Gasteiger partial charge < -0.3 is 9.15 Å². The van der Waals surface area contributed by atoms with E-state index in [9.17, 15) is 9.59 Å². The number of hydrogen-bond donors (Lipinski definition) is 1. The summed E-state index contributed by atoms with van der Waals surface area (Å²) in [6.45, 7) is 2.32. The van der Waals surface area contributed by atoms with Crippen LogP contribution in [0.4, 0.5) is 4.79 Å². The molecule has 7 nitrogen and oxygen atoms in total. The molecule has 27 heavy (non-hydrogen) atoms. The van der Waals surface area contributed by atoms with E-state index in [1.807, 2.05) is 6.92 Å². The van der Waals surface area contributed by atoms with Gasteiger partial charge in [0.25, 0.3) is 11.1 Å². The molecule has 4 heterocycles. The van der Waals surface area contributed by atoms with Crippen LogP contribution in [0.5, 0.6) is 5.88 Å². The smallest absolute Gasteiger partial charge is 0.290 e. The van der Waals surface area contributed by atoms with Crippen molar-refractivity contribution >= 4 is 51.6 Å². The van der Waals surface area contributed by atoms with Crippen LogP contribution in [-0.2, 0) is 4.79 Å². The topological polar surface area (TPSA) is 94.3 Å². The highest BCUT2D eigenvalue weighted by Crippen LogP contribution is 2.34. The predicted octanol–water partition coefficient (Wildman–Crippen LogP) is 4.27. The van der Waals surface area contributed by atoms with Crippen LogP contribution in [0.1, 0.15) is 12.7 Å². The molecule has 0 saturated carbocycles. The molecular weight excluding hydrogens is 390 g/mol. The summed E-state index contributed by atoms with van der Waals surface area (Å²) >= 11 is 7.06. The van der Waals surface area contributed by atoms with Crippen molar-refractivity contribution in [3.05, 3.63) is 46.4 Å². The van der Waals surface area contributed by atoms with Gasteiger partial charge >= 0.3 is 0 Å². The lowest BCUT2D eigenvalue weighted by atomic mass is 10.1. The normalized spacial score (nSPS) is 15.6. The third-order valence-electron chi connectivity index (χ3n) is 3.76. The molecule has 0 spiro atoms. The fraction of sp³-hybridized carbons (Fsp3) is 0.111. The second kappa shape index (κ2) is 7.05. The number of imide groups is 1. The van der Waals surface area contributed by atoms with Gasteiger partial charge in [-0.1, -0.05) is 11.6 Å². The van der Waals surface area contributed by atoms with Crippen LogP contribution in [0, 0.1) is 0 Å². The lowest BCUT2D eigenvalue weighted by Gasteiger charge is -2.07. The van der Waals surface area contributed by atoms with Crippen LogP contribution >= 0.6 is 23.4 Å². The second-order valence-corrected chi connectivity index (χ2v) is 6.97. The predicted molar refractivity (Wildman–Crippen MR) is 103 cm³/mol.